The Balaban J connectivity index is 1.68. The van der Waals surface area contributed by atoms with Crippen molar-refractivity contribution < 1.29 is 0 Å². The fourth-order valence-corrected chi connectivity index (χ4v) is 4.69. The van der Waals surface area contributed by atoms with Gasteiger partial charge >= 0.3 is 0 Å². The van der Waals surface area contributed by atoms with Gasteiger partial charge in [-0.3, -0.25) is 0 Å². The first-order valence-corrected chi connectivity index (χ1v) is 9.10. The zero-order chi connectivity index (χ0) is 14.1. The van der Waals surface area contributed by atoms with Gasteiger partial charge in [0, 0.05) is 10.5 Å². The predicted octanol–water partition coefficient (Wildman–Crippen LogP) is 6.53. The van der Waals surface area contributed by atoms with Gasteiger partial charge in [-0.15, -0.1) is 0 Å². The first-order chi connectivity index (χ1) is 9.65. The summed E-state index contributed by atoms with van der Waals surface area (Å²) in [6, 6.07) is 4.53. The smallest absolute Gasteiger partial charge is 0.0835 e. The number of nitrogens with one attached hydrogen (secondary N) is 1. The summed E-state index contributed by atoms with van der Waals surface area (Å²) in [5, 5.41) is 4.84. The van der Waals surface area contributed by atoms with E-state index in [1.165, 1.54) is 44.9 Å². The van der Waals surface area contributed by atoms with Crippen molar-refractivity contribution in [2.45, 2.75) is 51.0 Å². The third kappa shape index (κ3) is 3.13. The number of hydrogen-bond donors (Lipinski definition) is 1. The highest BCUT2D eigenvalue weighted by molar-refractivity contribution is 9.10. The van der Waals surface area contributed by atoms with Gasteiger partial charge in [0.05, 0.1) is 15.7 Å². The van der Waals surface area contributed by atoms with Crippen LogP contribution in [-0.2, 0) is 0 Å². The lowest BCUT2D eigenvalue weighted by molar-refractivity contribution is 0.162. The second kappa shape index (κ2) is 6.46. The quantitative estimate of drug-likeness (QED) is 0.578. The SMILES string of the molecule is Clc1c(Br)ccc(NC2CCC3CCCCC3C2)c1Cl. The van der Waals surface area contributed by atoms with Crippen molar-refractivity contribution in [1.82, 2.24) is 0 Å². The monoisotopic (exact) mass is 375 g/mol. The Morgan fingerprint density at radius 1 is 0.950 bits per heavy atom. The van der Waals surface area contributed by atoms with Gasteiger partial charge in [0.2, 0.25) is 0 Å². The van der Waals surface area contributed by atoms with Crippen LogP contribution in [0.5, 0.6) is 0 Å². The number of fused-ring (bicyclic) bond motifs is 1. The number of benzene rings is 1. The Kier molecular flexibility index (Phi) is 4.84. The highest BCUT2D eigenvalue weighted by Crippen LogP contribution is 2.42. The second-order valence-electron chi connectivity index (χ2n) is 6.18. The van der Waals surface area contributed by atoms with Gasteiger partial charge in [-0.05, 0) is 59.2 Å². The molecule has 3 unspecified atom stereocenters. The zero-order valence-electron chi connectivity index (χ0n) is 11.5. The van der Waals surface area contributed by atoms with Crippen molar-refractivity contribution in [3.8, 4) is 0 Å². The van der Waals surface area contributed by atoms with Crippen LogP contribution in [0.1, 0.15) is 44.9 Å². The van der Waals surface area contributed by atoms with Crippen molar-refractivity contribution in [1.29, 1.82) is 0 Å². The summed E-state index contributed by atoms with van der Waals surface area (Å²) in [7, 11) is 0. The third-order valence-electron chi connectivity index (χ3n) is 4.93. The molecule has 110 valence electrons. The minimum Gasteiger partial charge on any atom is -0.381 e. The van der Waals surface area contributed by atoms with E-state index >= 15 is 0 Å². The maximum absolute atomic E-state index is 6.33. The molecule has 2 aliphatic rings. The van der Waals surface area contributed by atoms with E-state index in [9.17, 15) is 0 Å². The summed E-state index contributed by atoms with van der Waals surface area (Å²) >= 11 is 15.9. The van der Waals surface area contributed by atoms with E-state index in [0.29, 0.717) is 16.1 Å². The molecule has 2 aliphatic carbocycles. The van der Waals surface area contributed by atoms with Crippen LogP contribution in [0.2, 0.25) is 10.0 Å². The topological polar surface area (TPSA) is 12.0 Å². The lowest BCUT2D eigenvalue weighted by Gasteiger charge is -2.40. The van der Waals surface area contributed by atoms with E-state index in [1.807, 2.05) is 12.1 Å². The molecular weight excluding hydrogens is 357 g/mol. The molecule has 3 rings (SSSR count). The van der Waals surface area contributed by atoms with Gasteiger partial charge < -0.3 is 5.32 Å². The van der Waals surface area contributed by atoms with E-state index in [2.05, 4.69) is 21.2 Å². The molecule has 0 aliphatic heterocycles. The molecule has 1 nitrogen and oxygen atoms in total. The standard InChI is InChI=1S/C16H20BrCl2N/c17-13-7-8-14(16(19)15(13)18)20-12-6-5-10-3-1-2-4-11(10)9-12/h7-8,10-12,20H,1-6,9H2. The average Bonchev–Trinajstić information content (AvgIpc) is 2.48. The number of anilines is 1. The van der Waals surface area contributed by atoms with Gasteiger partial charge in [0.25, 0.3) is 0 Å². The minimum absolute atomic E-state index is 0.545. The third-order valence-corrected chi connectivity index (χ3v) is 6.71. The minimum atomic E-state index is 0.545. The van der Waals surface area contributed by atoms with E-state index in [0.717, 1.165) is 22.0 Å². The molecule has 0 heterocycles. The van der Waals surface area contributed by atoms with Crippen molar-refractivity contribution in [2.75, 3.05) is 5.32 Å². The molecule has 2 fully saturated rings. The Labute approximate surface area is 139 Å². The molecular formula is C16H20BrCl2N. The van der Waals surface area contributed by atoms with Gasteiger partial charge in [0.1, 0.15) is 0 Å². The van der Waals surface area contributed by atoms with Crippen LogP contribution in [0.4, 0.5) is 5.69 Å². The number of hydrogen-bond acceptors (Lipinski definition) is 1. The average molecular weight is 377 g/mol. The number of halogens is 3. The van der Waals surface area contributed by atoms with Crippen molar-refractivity contribution >= 4 is 44.8 Å². The summed E-state index contributed by atoms with van der Waals surface area (Å²) in [6.45, 7) is 0. The fraction of sp³-hybridized carbons (Fsp3) is 0.625. The maximum Gasteiger partial charge on any atom is 0.0835 e. The highest BCUT2D eigenvalue weighted by Gasteiger charge is 2.32. The second-order valence-corrected chi connectivity index (χ2v) is 7.79. The Morgan fingerprint density at radius 3 is 2.50 bits per heavy atom. The maximum atomic E-state index is 6.33. The normalized spacial score (nSPS) is 29.9. The number of rotatable bonds is 2. The lowest BCUT2D eigenvalue weighted by atomic mass is 9.69. The van der Waals surface area contributed by atoms with E-state index in [-0.39, 0.29) is 0 Å². The lowest BCUT2D eigenvalue weighted by Crippen LogP contribution is -2.34. The molecule has 0 radical (unpaired) electrons. The summed E-state index contributed by atoms with van der Waals surface area (Å²) < 4.78 is 0.853. The zero-order valence-corrected chi connectivity index (χ0v) is 14.6. The van der Waals surface area contributed by atoms with Crippen LogP contribution in [0, 0.1) is 11.8 Å². The summed E-state index contributed by atoms with van der Waals surface area (Å²) in [6.07, 6.45) is 9.62. The molecule has 1 N–H and O–H groups in total. The molecule has 3 atom stereocenters. The summed E-state index contributed by atoms with van der Waals surface area (Å²) in [4.78, 5) is 0. The molecule has 20 heavy (non-hydrogen) atoms. The Morgan fingerprint density at radius 2 is 1.70 bits per heavy atom. The molecule has 0 bridgehead atoms. The molecule has 0 amide bonds. The first kappa shape index (κ1) is 15.0. The molecule has 0 aromatic heterocycles. The highest BCUT2D eigenvalue weighted by atomic mass is 79.9. The van der Waals surface area contributed by atoms with Crippen LogP contribution in [-0.4, -0.2) is 6.04 Å². The molecule has 0 spiro atoms. The van der Waals surface area contributed by atoms with Gasteiger partial charge in [-0.2, -0.15) is 0 Å². The first-order valence-electron chi connectivity index (χ1n) is 7.55. The predicted molar refractivity (Wildman–Crippen MR) is 90.9 cm³/mol. The molecule has 1 aromatic carbocycles. The van der Waals surface area contributed by atoms with Gasteiger partial charge in [-0.25, -0.2) is 0 Å². The molecule has 4 heteroatoms. The van der Waals surface area contributed by atoms with Crippen LogP contribution in [0.3, 0.4) is 0 Å². The van der Waals surface area contributed by atoms with E-state index in [1.54, 1.807) is 0 Å². The Hall–Kier alpha value is 0.0800. The summed E-state index contributed by atoms with van der Waals surface area (Å²) in [5.41, 5.74) is 0.971. The van der Waals surface area contributed by atoms with E-state index in [4.69, 9.17) is 23.2 Å². The van der Waals surface area contributed by atoms with Crippen LogP contribution in [0.15, 0.2) is 16.6 Å². The van der Waals surface area contributed by atoms with Crippen molar-refractivity contribution in [3.63, 3.8) is 0 Å². The molecule has 2 saturated carbocycles. The largest absolute Gasteiger partial charge is 0.381 e. The van der Waals surface area contributed by atoms with Gasteiger partial charge in [-0.1, -0.05) is 48.9 Å². The van der Waals surface area contributed by atoms with E-state index < -0.39 is 0 Å². The van der Waals surface area contributed by atoms with Gasteiger partial charge in [0.15, 0.2) is 0 Å². The van der Waals surface area contributed by atoms with Crippen molar-refractivity contribution in [3.05, 3.63) is 26.7 Å². The van der Waals surface area contributed by atoms with Crippen LogP contribution < -0.4 is 5.32 Å². The molecule has 1 aromatic rings. The van der Waals surface area contributed by atoms with Crippen LogP contribution >= 0.6 is 39.1 Å². The Bertz CT molecular complexity index is 492. The summed E-state index contributed by atoms with van der Waals surface area (Å²) in [5.74, 6) is 1.89. The fourth-order valence-electron chi connectivity index (χ4n) is 3.86. The van der Waals surface area contributed by atoms with Crippen LogP contribution in [0.25, 0.3) is 0 Å². The van der Waals surface area contributed by atoms with Crippen molar-refractivity contribution in [2.24, 2.45) is 11.8 Å². The molecule has 0 saturated heterocycles.